The van der Waals surface area contributed by atoms with Crippen molar-refractivity contribution in [3.05, 3.63) is 12.2 Å². The Morgan fingerprint density at radius 2 is 2.08 bits per heavy atom. The van der Waals surface area contributed by atoms with Crippen LogP contribution in [0.5, 0.6) is 0 Å². The van der Waals surface area contributed by atoms with Crippen LogP contribution in [0.3, 0.4) is 0 Å². The van der Waals surface area contributed by atoms with Gasteiger partial charge < -0.3 is 5.32 Å². The maximum Gasteiger partial charge on any atom is -0.00466 e. The zero-order valence-corrected chi connectivity index (χ0v) is 9.04. The fourth-order valence-corrected chi connectivity index (χ4v) is 1.55. The lowest BCUT2D eigenvalue weighted by Gasteiger charge is -2.28. The molecule has 0 amide bonds. The molecular formula is C11H23N. The third kappa shape index (κ3) is 4.55. The van der Waals surface area contributed by atoms with Gasteiger partial charge in [0, 0.05) is 0 Å². The second kappa shape index (κ2) is 5.36. The molecule has 0 aliphatic carbocycles. The first kappa shape index (κ1) is 11.7. The van der Waals surface area contributed by atoms with Gasteiger partial charge in [-0.25, -0.2) is 0 Å². The Morgan fingerprint density at radius 3 is 2.42 bits per heavy atom. The number of allylic oxidation sites excluding steroid dienone is 1. The summed E-state index contributed by atoms with van der Waals surface area (Å²) in [6, 6.07) is 0. The lowest BCUT2D eigenvalue weighted by Crippen LogP contribution is -2.22. The number of hydrogen-bond donors (Lipinski definition) is 1. The molecule has 0 aromatic rings. The third-order valence-corrected chi connectivity index (χ3v) is 2.56. The maximum absolute atomic E-state index is 3.98. The highest BCUT2D eigenvalue weighted by molar-refractivity contribution is 4.95. The normalized spacial score (nSPS) is 15.7. The molecule has 0 spiro atoms. The Morgan fingerprint density at radius 1 is 1.50 bits per heavy atom. The standard InChI is InChI=1S/C11H23N/c1-6-11(4,7-8-12-5)9-10(2)3/h12H,2,6-9H2,1,3-5H3. The molecule has 72 valence electrons. The topological polar surface area (TPSA) is 12.0 Å². The number of rotatable bonds is 6. The third-order valence-electron chi connectivity index (χ3n) is 2.56. The minimum Gasteiger partial charge on any atom is -0.320 e. The van der Waals surface area contributed by atoms with Crippen molar-refractivity contribution in [3.63, 3.8) is 0 Å². The van der Waals surface area contributed by atoms with Gasteiger partial charge in [0.05, 0.1) is 0 Å². The van der Waals surface area contributed by atoms with Gasteiger partial charge in [0.2, 0.25) is 0 Å². The van der Waals surface area contributed by atoms with E-state index in [4.69, 9.17) is 0 Å². The second-order valence-electron chi connectivity index (χ2n) is 4.15. The van der Waals surface area contributed by atoms with E-state index in [9.17, 15) is 0 Å². The van der Waals surface area contributed by atoms with Crippen molar-refractivity contribution in [2.24, 2.45) is 5.41 Å². The molecule has 0 saturated heterocycles. The van der Waals surface area contributed by atoms with E-state index in [2.05, 4.69) is 32.7 Å². The van der Waals surface area contributed by atoms with Crippen molar-refractivity contribution < 1.29 is 0 Å². The molecule has 0 radical (unpaired) electrons. The fraction of sp³-hybridized carbons (Fsp3) is 0.818. The smallest absolute Gasteiger partial charge is 0.00466 e. The van der Waals surface area contributed by atoms with E-state index in [1.807, 2.05) is 7.05 Å². The molecule has 0 saturated carbocycles. The molecule has 1 nitrogen and oxygen atoms in total. The SMILES string of the molecule is C=C(C)CC(C)(CC)CCNC. The first-order valence-corrected chi connectivity index (χ1v) is 4.83. The minimum absolute atomic E-state index is 0.453. The lowest BCUT2D eigenvalue weighted by atomic mass is 9.79. The van der Waals surface area contributed by atoms with Crippen LogP contribution in [0.1, 0.15) is 40.0 Å². The van der Waals surface area contributed by atoms with Crippen LogP contribution in [0.4, 0.5) is 0 Å². The molecule has 0 fully saturated rings. The molecule has 0 bridgehead atoms. The first-order chi connectivity index (χ1) is 5.54. The molecule has 0 aromatic heterocycles. The van der Waals surface area contributed by atoms with Gasteiger partial charge >= 0.3 is 0 Å². The van der Waals surface area contributed by atoms with Crippen molar-refractivity contribution >= 4 is 0 Å². The molecule has 1 heteroatoms. The van der Waals surface area contributed by atoms with Gasteiger partial charge in [0.1, 0.15) is 0 Å². The van der Waals surface area contributed by atoms with Crippen molar-refractivity contribution in [1.29, 1.82) is 0 Å². The summed E-state index contributed by atoms with van der Waals surface area (Å²) in [6.07, 6.45) is 3.64. The monoisotopic (exact) mass is 169 g/mol. The first-order valence-electron chi connectivity index (χ1n) is 4.83. The highest BCUT2D eigenvalue weighted by Crippen LogP contribution is 2.32. The molecule has 1 atom stereocenters. The van der Waals surface area contributed by atoms with Gasteiger partial charge in [-0.2, -0.15) is 0 Å². The quantitative estimate of drug-likeness (QED) is 0.603. The lowest BCUT2D eigenvalue weighted by molar-refractivity contribution is 0.280. The summed E-state index contributed by atoms with van der Waals surface area (Å²) in [4.78, 5) is 0. The zero-order valence-electron chi connectivity index (χ0n) is 9.04. The summed E-state index contributed by atoms with van der Waals surface area (Å²) in [5.74, 6) is 0. The average Bonchev–Trinajstić information content (AvgIpc) is 2.00. The van der Waals surface area contributed by atoms with E-state index < -0.39 is 0 Å². The van der Waals surface area contributed by atoms with Crippen molar-refractivity contribution in [3.8, 4) is 0 Å². The maximum atomic E-state index is 3.98. The predicted octanol–water partition coefficient (Wildman–Crippen LogP) is 2.98. The van der Waals surface area contributed by atoms with E-state index in [1.54, 1.807) is 0 Å². The summed E-state index contributed by atoms with van der Waals surface area (Å²) in [6.45, 7) is 11.8. The van der Waals surface area contributed by atoms with Crippen LogP contribution in [0, 0.1) is 5.41 Å². The summed E-state index contributed by atoms with van der Waals surface area (Å²) in [5.41, 5.74) is 1.75. The van der Waals surface area contributed by atoms with E-state index in [1.165, 1.54) is 18.4 Å². The van der Waals surface area contributed by atoms with Crippen LogP contribution in [0.2, 0.25) is 0 Å². The Bertz CT molecular complexity index is 140. The van der Waals surface area contributed by atoms with Gasteiger partial charge in [-0.15, -0.1) is 6.58 Å². The van der Waals surface area contributed by atoms with Crippen molar-refractivity contribution in [2.75, 3.05) is 13.6 Å². The van der Waals surface area contributed by atoms with Crippen molar-refractivity contribution in [1.82, 2.24) is 5.32 Å². The Kier molecular flexibility index (Phi) is 5.23. The molecular weight excluding hydrogens is 146 g/mol. The molecule has 0 aromatic carbocycles. The highest BCUT2D eigenvalue weighted by atomic mass is 14.8. The van der Waals surface area contributed by atoms with Crippen LogP contribution in [0.25, 0.3) is 0 Å². The molecule has 0 rings (SSSR count). The van der Waals surface area contributed by atoms with Crippen LogP contribution in [-0.2, 0) is 0 Å². The summed E-state index contributed by atoms with van der Waals surface area (Å²) in [7, 11) is 2.01. The molecule has 0 aliphatic rings. The molecule has 0 aliphatic heterocycles. The molecule has 1 unspecified atom stereocenters. The molecule has 0 heterocycles. The van der Waals surface area contributed by atoms with Gasteiger partial charge in [0.15, 0.2) is 0 Å². The number of nitrogens with one attached hydrogen (secondary N) is 1. The predicted molar refractivity (Wildman–Crippen MR) is 56.4 cm³/mol. The van der Waals surface area contributed by atoms with Crippen molar-refractivity contribution in [2.45, 2.75) is 40.0 Å². The number of hydrogen-bond acceptors (Lipinski definition) is 1. The molecule has 1 N–H and O–H groups in total. The van der Waals surface area contributed by atoms with Gasteiger partial charge in [-0.3, -0.25) is 0 Å². The average molecular weight is 169 g/mol. The second-order valence-corrected chi connectivity index (χ2v) is 4.15. The van der Waals surface area contributed by atoms with Crippen LogP contribution >= 0.6 is 0 Å². The van der Waals surface area contributed by atoms with E-state index in [0.29, 0.717) is 5.41 Å². The van der Waals surface area contributed by atoms with E-state index in [-0.39, 0.29) is 0 Å². The Labute approximate surface area is 77.2 Å². The summed E-state index contributed by atoms with van der Waals surface area (Å²) < 4.78 is 0. The fourth-order valence-electron chi connectivity index (χ4n) is 1.55. The minimum atomic E-state index is 0.453. The van der Waals surface area contributed by atoms with E-state index >= 15 is 0 Å². The van der Waals surface area contributed by atoms with Gasteiger partial charge in [-0.1, -0.05) is 25.8 Å². The largest absolute Gasteiger partial charge is 0.320 e. The van der Waals surface area contributed by atoms with Gasteiger partial charge in [0.25, 0.3) is 0 Å². The molecule has 12 heavy (non-hydrogen) atoms. The summed E-state index contributed by atoms with van der Waals surface area (Å²) >= 11 is 0. The van der Waals surface area contributed by atoms with Gasteiger partial charge in [-0.05, 0) is 38.8 Å². The summed E-state index contributed by atoms with van der Waals surface area (Å²) in [5, 5.41) is 3.20. The Balaban J connectivity index is 3.95. The zero-order chi connectivity index (χ0) is 9.61. The van der Waals surface area contributed by atoms with Crippen LogP contribution in [0.15, 0.2) is 12.2 Å². The Hall–Kier alpha value is -0.300. The van der Waals surface area contributed by atoms with Crippen LogP contribution < -0.4 is 5.32 Å². The van der Waals surface area contributed by atoms with Crippen LogP contribution in [-0.4, -0.2) is 13.6 Å². The highest BCUT2D eigenvalue weighted by Gasteiger charge is 2.20. The van der Waals surface area contributed by atoms with E-state index in [0.717, 1.165) is 13.0 Å².